The zero-order valence-corrected chi connectivity index (χ0v) is 13.7. The standard InChI is InChI=1S/C14H22ClN5O/c1-5-16-13(12-8-10(2)18-19(12)3)14-11(15)9-17-20(14)6-7-21-4/h8-9,13,16H,5-7H2,1-4H3. The molecule has 0 radical (unpaired) electrons. The fourth-order valence-corrected chi connectivity index (χ4v) is 2.71. The highest BCUT2D eigenvalue weighted by atomic mass is 35.5. The molecule has 2 aromatic rings. The van der Waals surface area contributed by atoms with Crippen molar-refractivity contribution in [2.45, 2.75) is 26.4 Å². The van der Waals surface area contributed by atoms with Gasteiger partial charge in [-0.3, -0.25) is 9.36 Å². The van der Waals surface area contributed by atoms with Crippen molar-refractivity contribution in [3.05, 3.63) is 34.4 Å². The van der Waals surface area contributed by atoms with Gasteiger partial charge in [-0.15, -0.1) is 0 Å². The highest BCUT2D eigenvalue weighted by Crippen LogP contribution is 2.28. The number of aromatic nitrogens is 4. The smallest absolute Gasteiger partial charge is 0.0933 e. The molecule has 0 amide bonds. The molecule has 0 spiro atoms. The first kappa shape index (κ1) is 16.0. The van der Waals surface area contributed by atoms with Gasteiger partial charge in [0, 0.05) is 14.2 Å². The molecule has 7 heteroatoms. The van der Waals surface area contributed by atoms with Crippen molar-refractivity contribution in [2.24, 2.45) is 7.05 Å². The first-order chi connectivity index (χ1) is 10.1. The normalized spacial score (nSPS) is 12.8. The summed E-state index contributed by atoms with van der Waals surface area (Å²) in [5.74, 6) is 0. The fraction of sp³-hybridized carbons (Fsp3) is 0.571. The summed E-state index contributed by atoms with van der Waals surface area (Å²) in [5, 5.41) is 12.9. The Hall–Kier alpha value is -1.37. The van der Waals surface area contributed by atoms with E-state index in [-0.39, 0.29) is 6.04 Å². The molecule has 0 aliphatic heterocycles. The minimum absolute atomic E-state index is 0.0481. The maximum Gasteiger partial charge on any atom is 0.0933 e. The van der Waals surface area contributed by atoms with E-state index in [0.29, 0.717) is 18.2 Å². The van der Waals surface area contributed by atoms with Crippen LogP contribution >= 0.6 is 11.6 Å². The minimum Gasteiger partial charge on any atom is -0.383 e. The van der Waals surface area contributed by atoms with Crippen LogP contribution in [0.5, 0.6) is 0 Å². The molecular formula is C14H22ClN5O. The lowest BCUT2D eigenvalue weighted by Crippen LogP contribution is -2.27. The lowest BCUT2D eigenvalue weighted by molar-refractivity contribution is 0.182. The zero-order valence-electron chi connectivity index (χ0n) is 12.9. The number of aryl methyl sites for hydroxylation is 2. The van der Waals surface area contributed by atoms with Gasteiger partial charge in [0.25, 0.3) is 0 Å². The maximum absolute atomic E-state index is 6.37. The van der Waals surface area contributed by atoms with Crippen LogP contribution < -0.4 is 5.32 Å². The van der Waals surface area contributed by atoms with Crippen molar-refractivity contribution in [2.75, 3.05) is 20.3 Å². The molecule has 1 N–H and O–H groups in total. The van der Waals surface area contributed by atoms with Gasteiger partial charge in [-0.2, -0.15) is 10.2 Å². The van der Waals surface area contributed by atoms with E-state index in [9.17, 15) is 0 Å². The molecule has 0 saturated heterocycles. The van der Waals surface area contributed by atoms with Crippen LogP contribution in [0.3, 0.4) is 0 Å². The van der Waals surface area contributed by atoms with Crippen LogP contribution in [-0.2, 0) is 18.3 Å². The van der Waals surface area contributed by atoms with Crippen molar-refractivity contribution in [3.8, 4) is 0 Å². The molecule has 21 heavy (non-hydrogen) atoms. The summed E-state index contributed by atoms with van der Waals surface area (Å²) in [5.41, 5.74) is 2.99. The van der Waals surface area contributed by atoms with Gasteiger partial charge in [0.1, 0.15) is 0 Å². The lowest BCUT2D eigenvalue weighted by atomic mass is 10.1. The molecule has 0 fully saturated rings. The van der Waals surface area contributed by atoms with E-state index < -0.39 is 0 Å². The van der Waals surface area contributed by atoms with Gasteiger partial charge in [-0.05, 0) is 19.5 Å². The molecule has 0 aliphatic carbocycles. The number of rotatable bonds is 7. The van der Waals surface area contributed by atoms with Gasteiger partial charge in [0.15, 0.2) is 0 Å². The molecule has 0 aliphatic rings. The summed E-state index contributed by atoms with van der Waals surface area (Å²) >= 11 is 6.37. The number of hydrogen-bond donors (Lipinski definition) is 1. The molecule has 2 aromatic heterocycles. The number of nitrogens with zero attached hydrogens (tertiary/aromatic N) is 4. The van der Waals surface area contributed by atoms with Crippen LogP contribution in [0.2, 0.25) is 5.02 Å². The Morgan fingerprint density at radius 1 is 1.48 bits per heavy atom. The molecular weight excluding hydrogens is 290 g/mol. The summed E-state index contributed by atoms with van der Waals surface area (Å²) in [6, 6.07) is 2.02. The third-order valence-corrected chi connectivity index (χ3v) is 3.65. The Morgan fingerprint density at radius 3 is 2.81 bits per heavy atom. The van der Waals surface area contributed by atoms with Gasteiger partial charge < -0.3 is 10.1 Å². The summed E-state index contributed by atoms with van der Waals surface area (Å²) in [4.78, 5) is 0. The average molecular weight is 312 g/mol. The van der Waals surface area contributed by atoms with Crippen LogP contribution in [0.15, 0.2) is 12.3 Å². The predicted molar refractivity (Wildman–Crippen MR) is 82.6 cm³/mol. The Labute approximate surface area is 130 Å². The van der Waals surface area contributed by atoms with Crippen LogP contribution in [-0.4, -0.2) is 39.8 Å². The maximum atomic E-state index is 6.37. The van der Waals surface area contributed by atoms with E-state index in [4.69, 9.17) is 16.3 Å². The zero-order chi connectivity index (χ0) is 15.4. The second-order valence-electron chi connectivity index (χ2n) is 4.92. The first-order valence-electron chi connectivity index (χ1n) is 7.02. The van der Waals surface area contributed by atoms with Crippen LogP contribution in [0.4, 0.5) is 0 Å². The molecule has 1 atom stereocenters. The summed E-state index contributed by atoms with van der Waals surface area (Å²) in [6.45, 7) is 6.13. The van der Waals surface area contributed by atoms with E-state index in [1.54, 1.807) is 13.3 Å². The van der Waals surface area contributed by atoms with E-state index >= 15 is 0 Å². The van der Waals surface area contributed by atoms with Gasteiger partial charge in [-0.25, -0.2) is 0 Å². The van der Waals surface area contributed by atoms with E-state index in [1.165, 1.54) is 0 Å². The average Bonchev–Trinajstić information content (AvgIpc) is 2.97. The largest absolute Gasteiger partial charge is 0.383 e. The monoisotopic (exact) mass is 311 g/mol. The summed E-state index contributed by atoms with van der Waals surface area (Å²) in [6.07, 6.45) is 1.68. The number of ether oxygens (including phenoxy) is 1. The van der Waals surface area contributed by atoms with Gasteiger partial charge >= 0.3 is 0 Å². The number of halogens is 1. The molecule has 6 nitrogen and oxygen atoms in total. The third-order valence-electron chi connectivity index (χ3n) is 3.36. The van der Waals surface area contributed by atoms with Crippen molar-refractivity contribution >= 4 is 11.6 Å². The minimum atomic E-state index is -0.0481. The first-order valence-corrected chi connectivity index (χ1v) is 7.40. The highest BCUT2D eigenvalue weighted by molar-refractivity contribution is 6.31. The van der Waals surface area contributed by atoms with Gasteiger partial charge in [0.2, 0.25) is 0 Å². The van der Waals surface area contributed by atoms with Crippen molar-refractivity contribution < 1.29 is 4.74 Å². The lowest BCUT2D eigenvalue weighted by Gasteiger charge is -2.20. The Bertz CT molecular complexity index is 592. The molecule has 2 heterocycles. The Morgan fingerprint density at radius 2 is 2.24 bits per heavy atom. The molecule has 116 valence electrons. The number of hydrogen-bond acceptors (Lipinski definition) is 4. The molecule has 0 saturated carbocycles. The number of methoxy groups -OCH3 is 1. The Kier molecular flexibility index (Phi) is 5.39. The molecule has 1 unspecified atom stereocenters. The number of nitrogens with one attached hydrogen (secondary N) is 1. The van der Waals surface area contributed by atoms with Crippen LogP contribution in [0, 0.1) is 6.92 Å². The summed E-state index contributed by atoms with van der Waals surface area (Å²) in [7, 11) is 3.62. The quantitative estimate of drug-likeness (QED) is 0.849. The van der Waals surface area contributed by atoms with E-state index in [2.05, 4.69) is 28.5 Å². The van der Waals surface area contributed by atoms with Gasteiger partial charge in [-0.1, -0.05) is 18.5 Å². The fourth-order valence-electron chi connectivity index (χ4n) is 2.46. The molecule has 2 rings (SSSR count). The van der Waals surface area contributed by atoms with Crippen molar-refractivity contribution in [1.29, 1.82) is 0 Å². The second-order valence-corrected chi connectivity index (χ2v) is 5.33. The molecule has 0 aromatic carbocycles. The summed E-state index contributed by atoms with van der Waals surface area (Å²) < 4.78 is 8.91. The van der Waals surface area contributed by atoms with Crippen LogP contribution in [0.25, 0.3) is 0 Å². The van der Waals surface area contributed by atoms with E-state index in [1.807, 2.05) is 23.3 Å². The molecule has 0 bridgehead atoms. The van der Waals surface area contributed by atoms with Gasteiger partial charge in [0.05, 0.1) is 47.5 Å². The highest BCUT2D eigenvalue weighted by Gasteiger charge is 2.24. The van der Waals surface area contributed by atoms with Crippen LogP contribution in [0.1, 0.15) is 30.0 Å². The second kappa shape index (κ2) is 7.06. The third kappa shape index (κ3) is 3.45. The topological polar surface area (TPSA) is 56.9 Å². The van der Waals surface area contributed by atoms with E-state index in [0.717, 1.165) is 23.6 Å². The SMILES string of the molecule is CCNC(c1cc(C)nn1C)c1c(Cl)cnn1CCOC. The Balaban J connectivity index is 2.43. The van der Waals surface area contributed by atoms with Crippen molar-refractivity contribution in [1.82, 2.24) is 24.9 Å². The van der Waals surface area contributed by atoms with Crippen molar-refractivity contribution in [3.63, 3.8) is 0 Å². The predicted octanol–water partition coefficient (Wildman–Crippen LogP) is 1.92.